The number of primary amides is 1. The molecule has 1 aliphatic rings. The van der Waals surface area contributed by atoms with Gasteiger partial charge < -0.3 is 20.5 Å². The van der Waals surface area contributed by atoms with Crippen LogP contribution in [-0.4, -0.2) is 37.0 Å². The Hall–Kier alpha value is -1.40. The summed E-state index contributed by atoms with van der Waals surface area (Å²) in [6.07, 6.45) is 0.676. The van der Waals surface area contributed by atoms with Gasteiger partial charge in [0.2, 0.25) is 5.91 Å². The Morgan fingerprint density at radius 1 is 1.38 bits per heavy atom. The Balaban J connectivity index is 1.92. The summed E-state index contributed by atoms with van der Waals surface area (Å²) in [7, 11) is 0. The van der Waals surface area contributed by atoms with Crippen molar-refractivity contribution in [1.82, 2.24) is 5.32 Å². The van der Waals surface area contributed by atoms with Gasteiger partial charge in [-0.15, -0.1) is 11.8 Å². The molecule has 0 fully saturated rings. The lowest BCUT2D eigenvalue weighted by molar-refractivity contribution is -0.123. The second-order valence-electron chi connectivity index (χ2n) is 5.13. The highest BCUT2D eigenvalue weighted by Gasteiger charge is 2.29. The van der Waals surface area contributed by atoms with Crippen molar-refractivity contribution in [2.75, 3.05) is 25.5 Å². The third-order valence-corrected chi connectivity index (χ3v) is 4.49. The zero-order chi connectivity index (χ0) is 15.3. The van der Waals surface area contributed by atoms with Crippen molar-refractivity contribution in [2.24, 2.45) is 5.73 Å². The molecule has 2 rings (SSSR count). The summed E-state index contributed by atoms with van der Waals surface area (Å²) in [5, 5.41) is 3.16. The van der Waals surface area contributed by atoms with E-state index in [0.29, 0.717) is 26.2 Å². The van der Waals surface area contributed by atoms with E-state index in [0.717, 1.165) is 22.1 Å². The fourth-order valence-corrected chi connectivity index (χ4v) is 3.28. The zero-order valence-corrected chi connectivity index (χ0v) is 13.3. The lowest BCUT2D eigenvalue weighted by Crippen LogP contribution is -2.53. The minimum Gasteiger partial charge on any atom is -0.486 e. The molecule has 3 N–H and O–H groups in total. The second kappa shape index (κ2) is 7.04. The number of nitrogens with one attached hydrogen (secondary N) is 1. The fourth-order valence-electron chi connectivity index (χ4n) is 2.18. The van der Waals surface area contributed by atoms with Crippen LogP contribution in [0.2, 0.25) is 0 Å². The number of fused-ring (bicyclic) bond motifs is 1. The van der Waals surface area contributed by atoms with Crippen molar-refractivity contribution < 1.29 is 14.3 Å². The number of nitrogens with two attached hydrogens (primary N) is 1. The summed E-state index contributed by atoms with van der Waals surface area (Å²) in [6.45, 7) is 5.72. The molecular weight excluding hydrogens is 288 g/mol. The molecule has 0 aliphatic carbocycles. The molecule has 0 aromatic heterocycles. The van der Waals surface area contributed by atoms with Crippen LogP contribution in [0.1, 0.15) is 20.3 Å². The molecule has 1 aliphatic heterocycles. The van der Waals surface area contributed by atoms with Gasteiger partial charge in [-0.25, -0.2) is 0 Å². The number of ether oxygens (including phenoxy) is 2. The number of thioether (sulfide) groups is 1. The lowest BCUT2D eigenvalue weighted by Gasteiger charge is -2.26. The molecule has 0 saturated heterocycles. The minimum atomic E-state index is -0.657. The third kappa shape index (κ3) is 4.04. The van der Waals surface area contributed by atoms with E-state index in [1.54, 1.807) is 11.8 Å². The highest BCUT2D eigenvalue weighted by atomic mass is 32.2. The summed E-state index contributed by atoms with van der Waals surface area (Å²) < 4.78 is 11.1. The minimum absolute atomic E-state index is 0.313. The van der Waals surface area contributed by atoms with Gasteiger partial charge >= 0.3 is 0 Å². The molecule has 1 amide bonds. The number of carbonyl (C=O) groups is 1. The smallest absolute Gasteiger partial charge is 0.237 e. The van der Waals surface area contributed by atoms with Crippen LogP contribution in [0.3, 0.4) is 0 Å². The topological polar surface area (TPSA) is 73.6 Å². The number of rotatable bonds is 7. The molecule has 0 bridgehead atoms. The maximum atomic E-state index is 11.6. The number of benzene rings is 1. The first kappa shape index (κ1) is 16.0. The Kier molecular flexibility index (Phi) is 5.36. The van der Waals surface area contributed by atoms with Gasteiger partial charge in [-0.2, -0.15) is 0 Å². The van der Waals surface area contributed by atoms with Crippen molar-refractivity contribution in [1.29, 1.82) is 0 Å². The van der Waals surface area contributed by atoms with Gasteiger partial charge in [0, 0.05) is 10.6 Å². The standard InChI is InChI=1S/C15H22N2O3S/c1-3-17-15(2,14(16)18)6-9-21-11-4-5-12-13(10-11)20-8-7-19-12/h4-5,10,17H,3,6-9H2,1-2H3,(H2,16,18). The molecule has 1 atom stereocenters. The van der Waals surface area contributed by atoms with Gasteiger partial charge in [0.1, 0.15) is 13.2 Å². The van der Waals surface area contributed by atoms with E-state index < -0.39 is 5.54 Å². The van der Waals surface area contributed by atoms with Crippen LogP contribution in [0.25, 0.3) is 0 Å². The van der Waals surface area contributed by atoms with Gasteiger partial charge in [0.15, 0.2) is 11.5 Å². The van der Waals surface area contributed by atoms with Crippen LogP contribution >= 0.6 is 11.8 Å². The number of hydrogen-bond donors (Lipinski definition) is 2. The second-order valence-corrected chi connectivity index (χ2v) is 6.30. The largest absolute Gasteiger partial charge is 0.486 e. The molecule has 1 unspecified atom stereocenters. The van der Waals surface area contributed by atoms with E-state index in [1.165, 1.54) is 0 Å². The summed E-state index contributed by atoms with van der Waals surface area (Å²) in [5.74, 6) is 2.06. The first-order valence-corrected chi connectivity index (χ1v) is 8.11. The molecule has 0 radical (unpaired) electrons. The lowest BCUT2D eigenvalue weighted by atomic mass is 9.98. The summed E-state index contributed by atoms with van der Waals surface area (Å²) in [5.41, 5.74) is 4.82. The zero-order valence-electron chi connectivity index (χ0n) is 12.5. The molecule has 6 heteroatoms. The molecule has 0 spiro atoms. The van der Waals surface area contributed by atoms with E-state index in [1.807, 2.05) is 32.0 Å². The highest BCUT2D eigenvalue weighted by Crippen LogP contribution is 2.34. The fraction of sp³-hybridized carbons (Fsp3) is 0.533. The van der Waals surface area contributed by atoms with Crippen LogP contribution < -0.4 is 20.5 Å². The highest BCUT2D eigenvalue weighted by molar-refractivity contribution is 7.99. The molecule has 1 heterocycles. The Labute approximate surface area is 129 Å². The van der Waals surface area contributed by atoms with Crippen LogP contribution in [0.15, 0.2) is 23.1 Å². The molecular formula is C15H22N2O3S. The van der Waals surface area contributed by atoms with E-state index in [9.17, 15) is 4.79 Å². The van der Waals surface area contributed by atoms with Crippen molar-refractivity contribution in [3.8, 4) is 11.5 Å². The Morgan fingerprint density at radius 2 is 2.10 bits per heavy atom. The normalized spacial score (nSPS) is 16.3. The van der Waals surface area contributed by atoms with Gasteiger partial charge in [0.25, 0.3) is 0 Å². The summed E-state index contributed by atoms with van der Waals surface area (Å²) in [4.78, 5) is 12.7. The van der Waals surface area contributed by atoms with Crippen LogP contribution in [0, 0.1) is 0 Å². The van der Waals surface area contributed by atoms with E-state index >= 15 is 0 Å². The van der Waals surface area contributed by atoms with Crippen LogP contribution in [0.5, 0.6) is 11.5 Å². The molecule has 0 saturated carbocycles. The van der Waals surface area contributed by atoms with Crippen molar-refractivity contribution >= 4 is 17.7 Å². The Bertz CT molecular complexity index is 510. The maximum absolute atomic E-state index is 11.6. The van der Waals surface area contributed by atoms with Crippen molar-refractivity contribution in [3.05, 3.63) is 18.2 Å². The predicted molar refractivity (Wildman–Crippen MR) is 84.0 cm³/mol. The number of hydrogen-bond acceptors (Lipinski definition) is 5. The predicted octanol–water partition coefficient (Wildman–Crippen LogP) is 1.79. The molecule has 1 aromatic rings. The first-order valence-electron chi connectivity index (χ1n) is 7.12. The van der Waals surface area contributed by atoms with Gasteiger partial charge in [0.05, 0.1) is 5.54 Å². The number of likely N-dealkylation sites (N-methyl/N-ethyl adjacent to an activating group) is 1. The molecule has 5 nitrogen and oxygen atoms in total. The third-order valence-electron chi connectivity index (χ3n) is 3.50. The number of carbonyl (C=O) groups excluding carboxylic acids is 1. The molecule has 116 valence electrons. The van der Waals surface area contributed by atoms with Crippen LogP contribution in [0.4, 0.5) is 0 Å². The first-order chi connectivity index (χ1) is 10.0. The van der Waals surface area contributed by atoms with Gasteiger partial charge in [-0.05, 0) is 38.1 Å². The SMILES string of the molecule is CCNC(C)(CCSc1ccc2c(c1)OCCO2)C(N)=O. The quantitative estimate of drug-likeness (QED) is 0.751. The number of amides is 1. The van der Waals surface area contributed by atoms with Crippen molar-refractivity contribution in [2.45, 2.75) is 30.7 Å². The van der Waals surface area contributed by atoms with Gasteiger partial charge in [-0.1, -0.05) is 6.92 Å². The summed E-state index contributed by atoms with van der Waals surface area (Å²) >= 11 is 1.68. The monoisotopic (exact) mass is 310 g/mol. The van der Waals surface area contributed by atoms with E-state index in [-0.39, 0.29) is 5.91 Å². The summed E-state index contributed by atoms with van der Waals surface area (Å²) in [6, 6.07) is 5.91. The Morgan fingerprint density at radius 3 is 2.76 bits per heavy atom. The van der Waals surface area contributed by atoms with Crippen LogP contribution in [-0.2, 0) is 4.79 Å². The van der Waals surface area contributed by atoms with E-state index in [4.69, 9.17) is 15.2 Å². The maximum Gasteiger partial charge on any atom is 0.237 e. The molecule has 21 heavy (non-hydrogen) atoms. The van der Waals surface area contributed by atoms with Gasteiger partial charge in [-0.3, -0.25) is 4.79 Å². The molecule has 1 aromatic carbocycles. The van der Waals surface area contributed by atoms with Crippen molar-refractivity contribution in [3.63, 3.8) is 0 Å². The average molecular weight is 310 g/mol. The van der Waals surface area contributed by atoms with E-state index in [2.05, 4.69) is 5.32 Å². The average Bonchev–Trinajstić information content (AvgIpc) is 2.47.